The number of halogens is 3. The van der Waals surface area contributed by atoms with Crippen LogP contribution in [0.2, 0.25) is 0 Å². The molecule has 2 bridgehead atoms. The third kappa shape index (κ3) is 1.65. The van der Waals surface area contributed by atoms with Gasteiger partial charge in [0.15, 0.2) is 0 Å². The van der Waals surface area contributed by atoms with Gasteiger partial charge in [-0.05, 0) is 54.9 Å². The average molecular weight is 283 g/mol. The van der Waals surface area contributed by atoms with E-state index >= 15 is 0 Å². The summed E-state index contributed by atoms with van der Waals surface area (Å²) >= 11 is 0. The highest BCUT2D eigenvalue weighted by molar-refractivity contribution is 5.31. The molecule has 1 aromatic heterocycles. The fraction of sp³-hybridized carbons (Fsp3) is 0.667. The lowest BCUT2D eigenvalue weighted by Crippen LogP contribution is -2.16. The van der Waals surface area contributed by atoms with Gasteiger partial charge in [0.1, 0.15) is 0 Å². The van der Waals surface area contributed by atoms with Gasteiger partial charge in [0, 0.05) is 18.0 Å². The van der Waals surface area contributed by atoms with Crippen molar-refractivity contribution < 1.29 is 18.3 Å². The molecule has 20 heavy (non-hydrogen) atoms. The highest BCUT2D eigenvalue weighted by atomic mass is 19.4. The van der Waals surface area contributed by atoms with Crippen molar-refractivity contribution in [3.63, 3.8) is 0 Å². The summed E-state index contributed by atoms with van der Waals surface area (Å²) < 4.78 is 39.0. The van der Waals surface area contributed by atoms with Crippen molar-refractivity contribution in [1.82, 2.24) is 4.98 Å². The van der Waals surface area contributed by atoms with Crippen LogP contribution in [0.1, 0.15) is 36.5 Å². The van der Waals surface area contributed by atoms with Crippen molar-refractivity contribution in [2.75, 3.05) is 0 Å². The van der Waals surface area contributed by atoms with Gasteiger partial charge in [-0.2, -0.15) is 13.2 Å². The van der Waals surface area contributed by atoms with Crippen LogP contribution >= 0.6 is 0 Å². The van der Waals surface area contributed by atoms with Crippen molar-refractivity contribution in [3.8, 4) is 0 Å². The SMILES string of the molecule is OC(c1cnccc1C(F)(F)F)C1C2C3CCC(C3)C21. The summed E-state index contributed by atoms with van der Waals surface area (Å²) in [6, 6.07) is 0.964. The normalized spacial score (nSPS) is 39.7. The highest BCUT2D eigenvalue weighted by Gasteiger charge is 2.67. The van der Waals surface area contributed by atoms with Crippen LogP contribution in [0.25, 0.3) is 0 Å². The fourth-order valence-electron chi connectivity index (χ4n) is 4.92. The van der Waals surface area contributed by atoms with E-state index in [2.05, 4.69) is 4.98 Å². The zero-order valence-electron chi connectivity index (χ0n) is 10.8. The monoisotopic (exact) mass is 283 g/mol. The number of rotatable bonds is 2. The van der Waals surface area contributed by atoms with Crippen LogP contribution in [-0.2, 0) is 6.18 Å². The maximum Gasteiger partial charge on any atom is 0.416 e. The van der Waals surface area contributed by atoms with Gasteiger partial charge < -0.3 is 5.11 Å². The molecule has 0 aromatic carbocycles. The minimum absolute atomic E-state index is 0.0200. The van der Waals surface area contributed by atoms with Crippen molar-refractivity contribution in [2.24, 2.45) is 29.6 Å². The van der Waals surface area contributed by atoms with E-state index in [0.29, 0.717) is 23.7 Å². The van der Waals surface area contributed by atoms with Crippen LogP contribution in [0.4, 0.5) is 13.2 Å². The largest absolute Gasteiger partial charge is 0.416 e. The number of aliphatic hydroxyl groups excluding tert-OH is 1. The molecule has 3 aliphatic carbocycles. The molecule has 3 fully saturated rings. The number of aliphatic hydroxyl groups is 1. The van der Waals surface area contributed by atoms with Crippen LogP contribution in [0.15, 0.2) is 18.5 Å². The minimum Gasteiger partial charge on any atom is -0.388 e. The van der Waals surface area contributed by atoms with E-state index in [1.165, 1.54) is 25.5 Å². The summed E-state index contributed by atoms with van der Waals surface area (Å²) in [6.07, 6.45) is 0.473. The molecule has 1 N–H and O–H groups in total. The molecule has 2 nitrogen and oxygen atoms in total. The van der Waals surface area contributed by atoms with E-state index in [9.17, 15) is 18.3 Å². The van der Waals surface area contributed by atoms with Crippen molar-refractivity contribution in [2.45, 2.75) is 31.5 Å². The second-order valence-electron chi connectivity index (χ2n) is 6.47. The smallest absolute Gasteiger partial charge is 0.388 e. The Morgan fingerprint density at radius 1 is 1.20 bits per heavy atom. The zero-order chi connectivity index (χ0) is 14.1. The maximum absolute atomic E-state index is 13.0. The molecule has 0 spiro atoms. The predicted octanol–water partition coefficient (Wildman–Crippen LogP) is 3.43. The molecule has 0 aliphatic heterocycles. The maximum atomic E-state index is 13.0. The lowest BCUT2D eigenvalue weighted by atomic mass is 9.93. The topological polar surface area (TPSA) is 33.1 Å². The van der Waals surface area contributed by atoms with Gasteiger partial charge in [-0.1, -0.05) is 0 Å². The van der Waals surface area contributed by atoms with Gasteiger partial charge >= 0.3 is 6.18 Å². The number of hydrogen-bond acceptors (Lipinski definition) is 2. The Bertz CT molecular complexity index is 528. The molecule has 5 atom stereocenters. The first-order valence-corrected chi connectivity index (χ1v) is 7.17. The number of pyridine rings is 1. The molecule has 3 saturated carbocycles. The molecule has 4 rings (SSSR count). The van der Waals surface area contributed by atoms with E-state index < -0.39 is 17.8 Å². The third-order valence-corrected chi connectivity index (χ3v) is 5.64. The Labute approximate surface area is 115 Å². The lowest BCUT2D eigenvalue weighted by molar-refractivity contribution is -0.139. The molecular weight excluding hydrogens is 267 g/mol. The number of alkyl halides is 3. The highest BCUT2D eigenvalue weighted by Crippen LogP contribution is 2.72. The van der Waals surface area contributed by atoms with E-state index in [0.717, 1.165) is 12.3 Å². The summed E-state index contributed by atoms with van der Waals surface area (Å²) in [5.41, 5.74) is -0.781. The summed E-state index contributed by atoms with van der Waals surface area (Å²) in [4.78, 5) is 3.78. The van der Waals surface area contributed by atoms with Crippen LogP contribution in [0.3, 0.4) is 0 Å². The van der Waals surface area contributed by atoms with E-state index in [1.54, 1.807) is 0 Å². The van der Waals surface area contributed by atoms with Crippen LogP contribution in [0.5, 0.6) is 0 Å². The van der Waals surface area contributed by atoms with Gasteiger partial charge in [-0.3, -0.25) is 4.98 Å². The second kappa shape index (κ2) is 3.97. The standard InChI is InChI=1S/C15H16F3NO/c16-15(17,18)10-3-4-19-6-9(10)14(20)13-11-7-1-2-8(5-7)12(11)13/h3-4,6-8,11-14,20H,1-2,5H2. The minimum atomic E-state index is -4.43. The molecule has 0 saturated heterocycles. The fourth-order valence-corrected chi connectivity index (χ4v) is 4.92. The van der Waals surface area contributed by atoms with Gasteiger partial charge in [-0.25, -0.2) is 0 Å². The third-order valence-electron chi connectivity index (χ3n) is 5.64. The number of hydrogen-bond donors (Lipinski definition) is 1. The Kier molecular flexibility index (Phi) is 2.50. The molecule has 0 radical (unpaired) electrons. The Hall–Kier alpha value is -1.10. The first-order chi connectivity index (χ1) is 9.48. The van der Waals surface area contributed by atoms with Crippen molar-refractivity contribution in [3.05, 3.63) is 29.6 Å². The molecule has 5 unspecified atom stereocenters. The molecule has 3 aliphatic rings. The zero-order valence-corrected chi connectivity index (χ0v) is 10.8. The molecular formula is C15H16F3NO. The summed E-state index contributed by atoms with van der Waals surface area (Å²) in [6.45, 7) is 0. The van der Waals surface area contributed by atoms with Gasteiger partial charge in [-0.15, -0.1) is 0 Å². The number of nitrogens with zero attached hydrogens (tertiary/aromatic N) is 1. The van der Waals surface area contributed by atoms with Crippen molar-refractivity contribution in [1.29, 1.82) is 0 Å². The second-order valence-corrected chi connectivity index (χ2v) is 6.47. The summed E-state index contributed by atoms with van der Waals surface area (Å²) in [7, 11) is 0. The number of fused-ring (bicyclic) bond motifs is 5. The first kappa shape index (κ1) is 12.6. The van der Waals surface area contributed by atoms with Crippen LogP contribution in [0, 0.1) is 29.6 Å². The van der Waals surface area contributed by atoms with Gasteiger partial charge in [0.25, 0.3) is 0 Å². The molecule has 5 heteroatoms. The average Bonchev–Trinajstić information content (AvgIpc) is 2.84. The quantitative estimate of drug-likeness (QED) is 0.902. The first-order valence-electron chi connectivity index (χ1n) is 7.17. The summed E-state index contributed by atoms with van der Waals surface area (Å²) in [5.74, 6) is 2.19. The summed E-state index contributed by atoms with van der Waals surface area (Å²) in [5, 5.41) is 10.4. The molecule has 108 valence electrons. The van der Waals surface area contributed by atoms with E-state index in [1.807, 2.05) is 0 Å². The van der Waals surface area contributed by atoms with Crippen LogP contribution < -0.4 is 0 Å². The Morgan fingerprint density at radius 3 is 2.45 bits per heavy atom. The molecule has 1 aromatic rings. The molecule has 1 heterocycles. The lowest BCUT2D eigenvalue weighted by Gasteiger charge is -2.19. The molecule has 0 amide bonds. The Morgan fingerprint density at radius 2 is 1.85 bits per heavy atom. The van der Waals surface area contributed by atoms with E-state index in [-0.39, 0.29) is 11.5 Å². The Balaban J connectivity index is 1.63. The predicted molar refractivity (Wildman–Crippen MR) is 65.5 cm³/mol. The van der Waals surface area contributed by atoms with Gasteiger partial charge in [0.05, 0.1) is 11.7 Å². The van der Waals surface area contributed by atoms with Gasteiger partial charge in [0.2, 0.25) is 0 Å². The number of aromatic nitrogens is 1. The van der Waals surface area contributed by atoms with Crippen LogP contribution in [-0.4, -0.2) is 10.1 Å². The van der Waals surface area contributed by atoms with Crippen molar-refractivity contribution >= 4 is 0 Å². The van der Waals surface area contributed by atoms with E-state index in [4.69, 9.17) is 0 Å².